The van der Waals surface area contributed by atoms with Gasteiger partial charge < -0.3 is 10.2 Å². The molecule has 1 amide bonds. The molecule has 4 heteroatoms. The smallest absolute Gasteiger partial charge is 0.230 e. The Bertz CT molecular complexity index is 486. The van der Waals surface area contributed by atoms with Gasteiger partial charge in [0.1, 0.15) is 0 Å². The first-order chi connectivity index (χ1) is 9.33. The normalized spacial score (nSPS) is 33.3. The number of thiophene rings is 1. The second-order valence-electron chi connectivity index (χ2n) is 6.17. The van der Waals surface area contributed by atoms with Crippen molar-refractivity contribution in [3.05, 3.63) is 21.9 Å². The third-order valence-corrected chi connectivity index (χ3v) is 6.05. The molecular formula is C15H20N2OS. The molecule has 1 unspecified atom stereocenters. The van der Waals surface area contributed by atoms with Gasteiger partial charge in [-0.3, -0.25) is 4.79 Å². The van der Waals surface area contributed by atoms with Gasteiger partial charge in [-0.15, -0.1) is 11.3 Å². The van der Waals surface area contributed by atoms with Crippen molar-refractivity contribution < 1.29 is 4.79 Å². The van der Waals surface area contributed by atoms with Crippen molar-refractivity contribution in [1.82, 2.24) is 10.2 Å². The van der Waals surface area contributed by atoms with Crippen LogP contribution in [0, 0.1) is 11.8 Å². The van der Waals surface area contributed by atoms with Gasteiger partial charge in [0.25, 0.3) is 0 Å². The maximum atomic E-state index is 12.8. The number of hydrogen-bond acceptors (Lipinski definition) is 3. The number of likely N-dealkylation sites (tertiary alicyclic amines) is 1. The summed E-state index contributed by atoms with van der Waals surface area (Å²) in [5.41, 5.74) is 1.33. The summed E-state index contributed by atoms with van der Waals surface area (Å²) < 4.78 is 0. The lowest BCUT2D eigenvalue weighted by atomic mass is 9.87. The zero-order valence-corrected chi connectivity index (χ0v) is 11.9. The van der Waals surface area contributed by atoms with Crippen molar-refractivity contribution in [2.24, 2.45) is 11.8 Å². The summed E-state index contributed by atoms with van der Waals surface area (Å²) in [4.78, 5) is 16.4. The molecule has 0 aromatic carbocycles. The monoisotopic (exact) mass is 276 g/mol. The van der Waals surface area contributed by atoms with Gasteiger partial charge in [-0.25, -0.2) is 0 Å². The summed E-state index contributed by atoms with van der Waals surface area (Å²) >= 11 is 1.83. The largest absolute Gasteiger partial charge is 0.341 e. The number of fused-ring (bicyclic) bond motifs is 2. The number of nitrogens with zero attached hydrogens (tertiary/aromatic N) is 1. The quantitative estimate of drug-likeness (QED) is 0.849. The van der Waals surface area contributed by atoms with E-state index in [1.807, 2.05) is 11.3 Å². The van der Waals surface area contributed by atoms with Crippen LogP contribution in [0.15, 0.2) is 11.4 Å². The molecule has 2 saturated heterocycles. The van der Waals surface area contributed by atoms with Crippen molar-refractivity contribution >= 4 is 17.2 Å². The molecule has 2 fully saturated rings. The van der Waals surface area contributed by atoms with E-state index in [9.17, 15) is 4.79 Å². The van der Waals surface area contributed by atoms with E-state index in [1.54, 1.807) is 0 Å². The molecule has 3 nitrogen and oxygen atoms in total. The van der Waals surface area contributed by atoms with Crippen LogP contribution in [0.2, 0.25) is 0 Å². The van der Waals surface area contributed by atoms with Crippen LogP contribution in [0.3, 0.4) is 0 Å². The highest BCUT2D eigenvalue weighted by Gasteiger charge is 2.40. The Morgan fingerprint density at radius 3 is 2.89 bits per heavy atom. The first-order valence-corrected chi connectivity index (χ1v) is 8.26. The van der Waals surface area contributed by atoms with Crippen LogP contribution in [0.4, 0.5) is 0 Å². The van der Waals surface area contributed by atoms with E-state index >= 15 is 0 Å². The molecule has 3 aliphatic rings. The van der Waals surface area contributed by atoms with Crippen molar-refractivity contribution in [3.8, 4) is 0 Å². The maximum Gasteiger partial charge on any atom is 0.230 e. The predicted molar refractivity (Wildman–Crippen MR) is 76.4 cm³/mol. The number of amides is 1. The third kappa shape index (κ3) is 1.93. The van der Waals surface area contributed by atoms with Crippen LogP contribution in [0.5, 0.6) is 0 Å². The Balaban J connectivity index is 1.53. The average molecular weight is 276 g/mol. The zero-order valence-electron chi connectivity index (χ0n) is 11.1. The molecule has 0 spiro atoms. The molecule has 0 saturated carbocycles. The van der Waals surface area contributed by atoms with Gasteiger partial charge in [0.2, 0.25) is 5.91 Å². The minimum atomic E-state index is 0.154. The van der Waals surface area contributed by atoms with Crippen LogP contribution in [-0.2, 0) is 11.2 Å². The Labute approximate surface area is 118 Å². The Hall–Kier alpha value is -0.870. The van der Waals surface area contributed by atoms with E-state index in [4.69, 9.17) is 0 Å². The summed E-state index contributed by atoms with van der Waals surface area (Å²) in [6.45, 7) is 4.16. The minimum absolute atomic E-state index is 0.154. The number of aryl methyl sites for hydroxylation is 1. The predicted octanol–water partition coefficient (Wildman–Crippen LogP) is 1.85. The van der Waals surface area contributed by atoms with Crippen LogP contribution in [0.1, 0.15) is 29.2 Å². The van der Waals surface area contributed by atoms with E-state index < -0.39 is 0 Å². The molecule has 102 valence electrons. The summed E-state index contributed by atoms with van der Waals surface area (Å²) in [5.74, 6) is 1.96. The Morgan fingerprint density at radius 1 is 1.32 bits per heavy atom. The van der Waals surface area contributed by atoms with Gasteiger partial charge in [0, 0.05) is 31.1 Å². The number of rotatable bonds is 1. The Morgan fingerprint density at radius 2 is 2.11 bits per heavy atom. The number of carbonyl (C=O) groups excluding carboxylic acids is 1. The van der Waals surface area contributed by atoms with E-state index in [2.05, 4.69) is 21.7 Å². The lowest BCUT2D eigenvalue weighted by molar-refractivity contribution is -0.132. The molecule has 1 aromatic rings. The van der Waals surface area contributed by atoms with Crippen molar-refractivity contribution in [1.29, 1.82) is 0 Å². The van der Waals surface area contributed by atoms with E-state index in [0.29, 0.717) is 17.7 Å². The molecule has 0 radical (unpaired) electrons. The number of nitrogens with one attached hydrogen (secondary N) is 1. The van der Waals surface area contributed by atoms with Gasteiger partial charge in [0.15, 0.2) is 0 Å². The number of hydrogen-bond donors (Lipinski definition) is 1. The van der Waals surface area contributed by atoms with Gasteiger partial charge >= 0.3 is 0 Å². The van der Waals surface area contributed by atoms with Gasteiger partial charge in [-0.1, -0.05) is 0 Å². The van der Waals surface area contributed by atoms with Gasteiger partial charge in [-0.05, 0) is 48.1 Å². The minimum Gasteiger partial charge on any atom is -0.341 e. The average Bonchev–Trinajstić information content (AvgIpc) is 3.11. The highest BCUT2D eigenvalue weighted by molar-refractivity contribution is 7.10. The molecule has 3 atom stereocenters. The first-order valence-electron chi connectivity index (χ1n) is 7.38. The Kier molecular flexibility index (Phi) is 2.88. The topological polar surface area (TPSA) is 32.3 Å². The van der Waals surface area contributed by atoms with Gasteiger partial charge in [0.05, 0.1) is 5.92 Å². The standard InChI is InChI=1S/C15H20N2OS/c18-15(17-8-10-6-16-7-11(10)9-17)13-2-1-3-14-12(13)4-5-19-14/h4-5,10-11,13,16H,1-3,6-9H2/t10-,11+,13?. The molecule has 2 aliphatic heterocycles. The fourth-order valence-electron chi connectivity index (χ4n) is 4.00. The summed E-state index contributed by atoms with van der Waals surface area (Å²) in [5, 5.41) is 5.59. The molecule has 3 heterocycles. The fraction of sp³-hybridized carbons (Fsp3) is 0.667. The lowest BCUT2D eigenvalue weighted by Gasteiger charge is -2.27. The zero-order chi connectivity index (χ0) is 12.8. The fourth-order valence-corrected chi connectivity index (χ4v) is 4.99. The highest BCUT2D eigenvalue weighted by Crippen LogP contribution is 2.37. The van der Waals surface area contributed by atoms with Crippen LogP contribution >= 0.6 is 11.3 Å². The molecule has 1 N–H and O–H groups in total. The second kappa shape index (κ2) is 4.60. The van der Waals surface area contributed by atoms with Crippen LogP contribution < -0.4 is 5.32 Å². The molecular weight excluding hydrogens is 256 g/mol. The van der Waals surface area contributed by atoms with Crippen LogP contribution in [-0.4, -0.2) is 37.0 Å². The van der Waals surface area contributed by atoms with E-state index in [0.717, 1.165) is 32.6 Å². The molecule has 1 aromatic heterocycles. The highest BCUT2D eigenvalue weighted by atomic mass is 32.1. The molecule has 1 aliphatic carbocycles. The first kappa shape index (κ1) is 11.9. The summed E-state index contributed by atoms with van der Waals surface area (Å²) in [7, 11) is 0. The third-order valence-electron chi connectivity index (χ3n) is 5.05. The lowest BCUT2D eigenvalue weighted by Crippen LogP contribution is -2.36. The van der Waals surface area contributed by atoms with Gasteiger partial charge in [-0.2, -0.15) is 0 Å². The number of carbonyl (C=O) groups is 1. The van der Waals surface area contributed by atoms with E-state index in [-0.39, 0.29) is 5.92 Å². The van der Waals surface area contributed by atoms with E-state index in [1.165, 1.54) is 23.3 Å². The second-order valence-corrected chi connectivity index (χ2v) is 7.17. The molecule has 4 rings (SSSR count). The summed E-state index contributed by atoms with van der Waals surface area (Å²) in [6.07, 6.45) is 3.39. The van der Waals surface area contributed by atoms with Crippen molar-refractivity contribution in [2.45, 2.75) is 25.2 Å². The van der Waals surface area contributed by atoms with Crippen molar-refractivity contribution in [3.63, 3.8) is 0 Å². The summed E-state index contributed by atoms with van der Waals surface area (Å²) in [6, 6.07) is 2.18. The SMILES string of the molecule is O=C(C1CCCc2sccc21)N1C[C@H]2CNC[C@H]2C1. The van der Waals surface area contributed by atoms with Crippen molar-refractivity contribution in [2.75, 3.05) is 26.2 Å². The molecule has 19 heavy (non-hydrogen) atoms. The van der Waals surface area contributed by atoms with Crippen LogP contribution in [0.25, 0.3) is 0 Å². The molecule has 0 bridgehead atoms. The maximum absolute atomic E-state index is 12.8.